The molecule has 20 heavy (non-hydrogen) atoms. The van der Waals surface area contributed by atoms with Gasteiger partial charge in [-0.25, -0.2) is 18.4 Å². The normalized spacial score (nSPS) is 12.0. The lowest BCUT2D eigenvalue weighted by Gasteiger charge is -2.16. The van der Waals surface area contributed by atoms with E-state index < -0.39 is 10.0 Å². The summed E-state index contributed by atoms with van der Waals surface area (Å²) < 4.78 is 26.0. The molecule has 0 spiro atoms. The van der Waals surface area contributed by atoms with Crippen molar-refractivity contribution >= 4 is 33.0 Å². The molecule has 108 valence electrons. The summed E-state index contributed by atoms with van der Waals surface area (Å²) >= 11 is 7.10. The van der Waals surface area contributed by atoms with Gasteiger partial charge in [-0.15, -0.1) is 22.9 Å². The van der Waals surface area contributed by atoms with Crippen LogP contribution >= 0.6 is 22.9 Å². The summed E-state index contributed by atoms with van der Waals surface area (Å²) in [5, 5.41) is 0.0241. The SMILES string of the molecule is Cc1ncsc1CN(C)S(=O)(=O)c1ccc(CCl)cn1. The van der Waals surface area contributed by atoms with Crippen LogP contribution in [-0.2, 0) is 22.4 Å². The van der Waals surface area contributed by atoms with Gasteiger partial charge in [0.05, 0.1) is 11.2 Å². The fourth-order valence-corrected chi connectivity index (χ4v) is 3.68. The number of halogens is 1. The summed E-state index contributed by atoms with van der Waals surface area (Å²) in [7, 11) is -2.07. The summed E-state index contributed by atoms with van der Waals surface area (Å²) in [5.41, 5.74) is 3.34. The predicted molar refractivity (Wildman–Crippen MR) is 79.3 cm³/mol. The first kappa shape index (κ1) is 15.4. The minimum Gasteiger partial charge on any atom is -0.250 e. The number of rotatable bonds is 5. The number of alkyl halides is 1. The molecule has 0 aromatic carbocycles. The smallest absolute Gasteiger partial charge is 0.250 e. The molecule has 0 radical (unpaired) electrons. The minimum atomic E-state index is -3.60. The Hall–Kier alpha value is -1.02. The maximum atomic E-state index is 12.4. The molecule has 0 unspecified atom stereocenters. The Labute approximate surface area is 127 Å². The van der Waals surface area contributed by atoms with Crippen molar-refractivity contribution in [2.75, 3.05) is 7.05 Å². The molecule has 0 bridgehead atoms. The average Bonchev–Trinajstić information content (AvgIpc) is 2.84. The van der Waals surface area contributed by atoms with Crippen molar-refractivity contribution in [3.05, 3.63) is 40.0 Å². The van der Waals surface area contributed by atoms with Crippen LogP contribution < -0.4 is 0 Å². The number of hydrogen-bond donors (Lipinski definition) is 0. The van der Waals surface area contributed by atoms with E-state index in [1.807, 2.05) is 6.92 Å². The zero-order valence-electron chi connectivity index (χ0n) is 11.1. The van der Waals surface area contributed by atoms with E-state index in [1.165, 1.54) is 35.0 Å². The second kappa shape index (κ2) is 6.17. The summed E-state index contributed by atoms with van der Waals surface area (Å²) in [6, 6.07) is 3.14. The molecule has 0 amide bonds. The van der Waals surface area contributed by atoms with Crippen LogP contribution in [0.2, 0.25) is 0 Å². The van der Waals surface area contributed by atoms with Crippen LogP contribution in [0.25, 0.3) is 0 Å². The first-order valence-electron chi connectivity index (χ1n) is 5.81. The number of thiazole rings is 1. The predicted octanol–water partition coefficient (Wildman–Crippen LogP) is 2.41. The molecule has 0 fully saturated rings. The first-order chi connectivity index (χ1) is 9.45. The fourth-order valence-electron chi connectivity index (χ4n) is 1.57. The number of nitrogens with zero attached hydrogens (tertiary/aromatic N) is 3. The molecular weight excluding hydrogens is 318 g/mol. The molecular formula is C12H14ClN3O2S2. The van der Waals surface area contributed by atoms with Gasteiger partial charge in [-0.2, -0.15) is 4.31 Å². The monoisotopic (exact) mass is 331 g/mol. The van der Waals surface area contributed by atoms with Crippen molar-refractivity contribution in [2.24, 2.45) is 0 Å². The molecule has 0 aliphatic carbocycles. The highest BCUT2D eigenvalue weighted by Crippen LogP contribution is 2.19. The van der Waals surface area contributed by atoms with Crippen LogP contribution in [-0.4, -0.2) is 29.7 Å². The Bertz CT molecular complexity index is 683. The van der Waals surface area contributed by atoms with Gasteiger partial charge < -0.3 is 0 Å². The third kappa shape index (κ3) is 3.17. The van der Waals surface area contributed by atoms with Crippen molar-refractivity contribution in [2.45, 2.75) is 24.4 Å². The number of pyridine rings is 1. The molecule has 2 heterocycles. The summed E-state index contributed by atoms with van der Waals surface area (Å²) in [6.07, 6.45) is 1.48. The van der Waals surface area contributed by atoms with Crippen molar-refractivity contribution in [3.8, 4) is 0 Å². The van der Waals surface area contributed by atoms with Gasteiger partial charge >= 0.3 is 0 Å². The summed E-state index contributed by atoms with van der Waals surface area (Å²) in [6.45, 7) is 2.15. The molecule has 0 atom stereocenters. The van der Waals surface area contributed by atoms with Gasteiger partial charge in [-0.3, -0.25) is 0 Å². The average molecular weight is 332 g/mol. The third-order valence-electron chi connectivity index (χ3n) is 2.84. The summed E-state index contributed by atoms with van der Waals surface area (Å²) in [4.78, 5) is 9.01. The molecule has 8 heteroatoms. The van der Waals surface area contributed by atoms with Crippen molar-refractivity contribution in [3.63, 3.8) is 0 Å². The first-order valence-corrected chi connectivity index (χ1v) is 8.66. The van der Waals surface area contributed by atoms with Gasteiger partial charge in [0.2, 0.25) is 0 Å². The maximum absolute atomic E-state index is 12.4. The van der Waals surface area contributed by atoms with E-state index in [1.54, 1.807) is 11.6 Å². The van der Waals surface area contributed by atoms with Crippen molar-refractivity contribution in [1.29, 1.82) is 0 Å². The largest absolute Gasteiger partial charge is 0.260 e. The molecule has 0 saturated carbocycles. The zero-order valence-corrected chi connectivity index (χ0v) is 13.5. The van der Waals surface area contributed by atoms with Gasteiger partial charge in [-0.1, -0.05) is 6.07 Å². The van der Waals surface area contributed by atoms with Crippen LogP contribution in [0.3, 0.4) is 0 Å². The fraction of sp³-hybridized carbons (Fsp3) is 0.333. The number of aromatic nitrogens is 2. The van der Waals surface area contributed by atoms with Crippen LogP contribution in [0.4, 0.5) is 0 Å². The van der Waals surface area contributed by atoms with Gasteiger partial charge in [-0.05, 0) is 18.6 Å². The van der Waals surface area contributed by atoms with E-state index in [-0.39, 0.29) is 11.6 Å². The van der Waals surface area contributed by atoms with E-state index in [0.717, 1.165) is 16.1 Å². The van der Waals surface area contributed by atoms with Gasteiger partial charge in [0, 0.05) is 30.5 Å². The van der Waals surface area contributed by atoms with Crippen LogP contribution in [0, 0.1) is 6.92 Å². The highest BCUT2D eigenvalue weighted by molar-refractivity contribution is 7.89. The van der Waals surface area contributed by atoms with Crippen molar-refractivity contribution < 1.29 is 8.42 Å². The standard InChI is InChI=1S/C12H14ClN3O2S2/c1-9-11(19-8-15-9)7-16(2)20(17,18)12-4-3-10(5-13)6-14-12/h3-4,6,8H,5,7H2,1-2H3. The molecule has 0 saturated heterocycles. The number of sulfonamides is 1. The number of hydrogen-bond acceptors (Lipinski definition) is 5. The van der Waals surface area contributed by atoms with E-state index in [2.05, 4.69) is 9.97 Å². The van der Waals surface area contributed by atoms with E-state index in [0.29, 0.717) is 5.88 Å². The van der Waals surface area contributed by atoms with Gasteiger partial charge in [0.1, 0.15) is 0 Å². The zero-order chi connectivity index (χ0) is 14.8. The quantitative estimate of drug-likeness (QED) is 0.789. The molecule has 5 nitrogen and oxygen atoms in total. The Morgan fingerprint density at radius 2 is 2.10 bits per heavy atom. The molecule has 0 N–H and O–H groups in total. The second-order valence-electron chi connectivity index (χ2n) is 4.26. The lowest BCUT2D eigenvalue weighted by molar-refractivity contribution is 0.465. The van der Waals surface area contributed by atoms with E-state index in [9.17, 15) is 8.42 Å². The molecule has 2 rings (SSSR count). The Morgan fingerprint density at radius 3 is 2.60 bits per heavy atom. The Kier molecular flexibility index (Phi) is 4.74. The second-order valence-corrected chi connectivity index (χ2v) is 7.46. The third-order valence-corrected chi connectivity index (χ3v) is 5.79. The topological polar surface area (TPSA) is 63.2 Å². The van der Waals surface area contributed by atoms with E-state index in [4.69, 9.17) is 11.6 Å². The molecule has 0 aliphatic heterocycles. The molecule has 2 aromatic heterocycles. The summed E-state index contributed by atoms with van der Waals surface area (Å²) in [5.74, 6) is 0.309. The number of aryl methyl sites for hydroxylation is 1. The Morgan fingerprint density at radius 1 is 1.35 bits per heavy atom. The highest BCUT2D eigenvalue weighted by Gasteiger charge is 2.23. The van der Waals surface area contributed by atoms with Gasteiger partial charge in [0.15, 0.2) is 5.03 Å². The molecule has 0 aliphatic rings. The Balaban J connectivity index is 2.22. The van der Waals surface area contributed by atoms with E-state index >= 15 is 0 Å². The van der Waals surface area contributed by atoms with Crippen LogP contribution in [0.15, 0.2) is 28.9 Å². The minimum absolute atomic E-state index is 0.0241. The lowest BCUT2D eigenvalue weighted by atomic mass is 10.3. The lowest BCUT2D eigenvalue weighted by Crippen LogP contribution is -2.27. The van der Waals surface area contributed by atoms with Crippen molar-refractivity contribution in [1.82, 2.24) is 14.3 Å². The van der Waals surface area contributed by atoms with Crippen LogP contribution in [0.1, 0.15) is 16.1 Å². The molecule has 2 aromatic rings. The maximum Gasteiger partial charge on any atom is 0.260 e. The van der Waals surface area contributed by atoms with Crippen LogP contribution in [0.5, 0.6) is 0 Å². The van der Waals surface area contributed by atoms with Gasteiger partial charge in [0.25, 0.3) is 10.0 Å². The highest BCUT2D eigenvalue weighted by atomic mass is 35.5.